The Kier molecular flexibility index (Phi) is 5.60. The summed E-state index contributed by atoms with van der Waals surface area (Å²) in [4.78, 5) is 11.9. The number of aromatic nitrogens is 1. The van der Waals surface area contributed by atoms with Crippen molar-refractivity contribution in [3.05, 3.63) is 18.0 Å². The molecule has 0 aromatic carbocycles. The fraction of sp³-hybridized carbons (Fsp3) is 0.615. The van der Waals surface area contributed by atoms with Gasteiger partial charge in [0.15, 0.2) is 0 Å². The van der Waals surface area contributed by atoms with Gasteiger partial charge in [0.05, 0.1) is 5.69 Å². The molecule has 1 amide bonds. The van der Waals surface area contributed by atoms with Crippen LogP contribution in [0, 0.1) is 0 Å². The summed E-state index contributed by atoms with van der Waals surface area (Å²) in [5.74, 6) is -0.0277. The average Bonchev–Trinajstić information content (AvgIpc) is 2.70. The zero-order chi connectivity index (χ0) is 12.7. The number of carbonyl (C=O) groups excluding carboxylic acids is 1. The molecule has 4 nitrogen and oxygen atoms in total. The summed E-state index contributed by atoms with van der Waals surface area (Å²) in [5.41, 5.74) is 6.98. The van der Waals surface area contributed by atoms with Crippen LogP contribution >= 0.6 is 0 Å². The molecule has 3 N–H and O–H groups in total. The molecule has 0 aliphatic rings. The van der Waals surface area contributed by atoms with Crippen LogP contribution in [0.1, 0.15) is 50.0 Å². The van der Waals surface area contributed by atoms with E-state index in [1.807, 2.05) is 11.5 Å². The van der Waals surface area contributed by atoms with Crippen molar-refractivity contribution in [3.63, 3.8) is 0 Å². The van der Waals surface area contributed by atoms with E-state index < -0.39 is 0 Å². The number of amides is 1. The van der Waals surface area contributed by atoms with Gasteiger partial charge in [-0.1, -0.05) is 26.2 Å². The molecular weight excluding hydrogens is 214 g/mol. The first kappa shape index (κ1) is 13.6. The van der Waals surface area contributed by atoms with Crippen molar-refractivity contribution in [2.75, 3.05) is 12.3 Å². The van der Waals surface area contributed by atoms with E-state index in [0.717, 1.165) is 19.5 Å². The Morgan fingerprint density at radius 1 is 1.35 bits per heavy atom. The number of nitrogens with one attached hydrogen (secondary N) is 1. The van der Waals surface area contributed by atoms with E-state index in [2.05, 4.69) is 12.2 Å². The van der Waals surface area contributed by atoms with Crippen molar-refractivity contribution in [2.24, 2.45) is 0 Å². The summed E-state index contributed by atoms with van der Waals surface area (Å²) in [6.45, 7) is 5.68. The van der Waals surface area contributed by atoms with Crippen LogP contribution in [0.2, 0.25) is 0 Å². The van der Waals surface area contributed by atoms with Crippen molar-refractivity contribution >= 4 is 11.6 Å². The van der Waals surface area contributed by atoms with Crippen LogP contribution in [0.15, 0.2) is 12.3 Å². The highest BCUT2D eigenvalue weighted by Crippen LogP contribution is 2.10. The lowest BCUT2D eigenvalue weighted by atomic mass is 10.2. The summed E-state index contributed by atoms with van der Waals surface area (Å²) in [5, 5.41) is 2.93. The Labute approximate surface area is 103 Å². The third-order valence-electron chi connectivity index (χ3n) is 2.81. The van der Waals surface area contributed by atoms with Gasteiger partial charge in [-0.05, 0) is 19.4 Å². The second-order valence-corrected chi connectivity index (χ2v) is 4.26. The number of aryl methyl sites for hydroxylation is 1. The van der Waals surface area contributed by atoms with Gasteiger partial charge in [0, 0.05) is 19.3 Å². The van der Waals surface area contributed by atoms with E-state index in [4.69, 9.17) is 5.73 Å². The molecule has 1 heterocycles. The number of carbonyl (C=O) groups is 1. The summed E-state index contributed by atoms with van der Waals surface area (Å²) >= 11 is 0. The minimum absolute atomic E-state index is 0.0277. The van der Waals surface area contributed by atoms with E-state index in [1.165, 1.54) is 19.3 Å². The first-order chi connectivity index (χ1) is 8.19. The van der Waals surface area contributed by atoms with Crippen LogP contribution in [-0.4, -0.2) is 17.0 Å². The maximum Gasteiger partial charge on any atom is 0.267 e. The second-order valence-electron chi connectivity index (χ2n) is 4.26. The predicted octanol–water partition coefficient (Wildman–Crippen LogP) is 2.40. The molecule has 0 saturated carbocycles. The number of unbranched alkanes of at least 4 members (excludes halogenated alkanes) is 3. The highest BCUT2D eigenvalue weighted by atomic mass is 16.1. The van der Waals surface area contributed by atoms with Crippen molar-refractivity contribution in [3.8, 4) is 0 Å². The molecule has 0 spiro atoms. The van der Waals surface area contributed by atoms with Crippen LogP contribution in [0.5, 0.6) is 0 Å². The van der Waals surface area contributed by atoms with Gasteiger partial charge in [-0.25, -0.2) is 0 Å². The zero-order valence-corrected chi connectivity index (χ0v) is 10.8. The molecule has 0 saturated heterocycles. The number of nitrogens with two attached hydrogens (primary N) is 1. The molecule has 1 aromatic heterocycles. The van der Waals surface area contributed by atoms with E-state index in [1.54, 1.807) is 12.3 Å². The molecule has 4 heteroatoms. The molecule has 0 aliphatic carbocycles. The van der Waals surface area contributed by atoms with Crippen LogP contribution < -0.4 is 11.1 Å². The number of nitrogen functional groups attached to an aromatic ring is 1. The molecule has 0 fully saturated rings. The number of hydrogen-bond acceptors (Lipinski definition) is 2. The zero-order valence-electron chi connectivity index (χ0n) is 10.8. The minimum Gasteiger partial charge on any atom is -0.397 e. The molecule has 0 atom stereocenters. The Bertz CT molecular complexity index is 358. The Morgan fingerprint density at radius 2 is 2.12 bits per heavy atom. The highest BCUT2D eigenvalue weighted by Gasteiger charge is 2.10. The van der Waals surface area contributed by atoms with Gasteiger partial charge >= 0.3 is 0 Å². The molecule has 0 aliphatic heterocycles. The van der Waals surface area contributed by atoms with Gasteiger partial charge < -0.3 is 15.6 Å². The van der Waals surface area contributed by atoms with Crippen LogP contribution in [0.25, 0.3) is 0 Å². The van der Waals surface area contributed by atoms with E-state index in [-0.39, 0.29) is 5.91 Å². The maximum absolute atomic E-state index is 11.9. The highest BCUT2D eigenvalue weighted by molar-refractivity contribution is 5.93. The maximum atomic E-state index is 11.9. The molecule has 96 valence electrons. The van der Waals surface area contributed by atoms with Gasteiger partial charge in [-0.15, -0.1) is 0 Å². The van der Waals surface area contributed by atoms with Crippen LogP contribution in [-0.2, 0) is 6.54 Å². The van der Waals surface area contributed by atoms with Gasteiger partial charge in [-0.3, -0.25) is 4.79 Å². The molecule has 0 bridgehead atoms. The largest absolute Gasteiger partial charge is 0.397 e. The number of anilines is 1. The number of hydrogen-bond donors (Lipinski definition) is 2. The Morgan fingerprint density at radius 3 is 2.76 bits per heavy atom. The Hall–Kier alpha value is -1.45. The summed E-state index contributed by atoms with van der Waals surface area (Å²) in [6, 6.07) is 1.73. The monoisotopic (exact) mass is 237 g/mol. The molecular formula is C13H23N3O. The lowest BCUT2D eigenvalue weighted by Crippen LogP contribution is -2.26. The molecule has 1 rings (SSSR count). The van der Waals surface area contributed by atoms with Gasteiger partial charge in [0.1, 0.15) is 5.69 Å². The minimum atomic E-state index is -0.0277. The van der Waals surface area contributed by atoms with Crippen molar-refractivity contribution < 1.29 is 4.79 Å². The first-order valence-corrected chi connectivity index (χ1v) is 6.42. The predicted molar refractivity (Wildman–Crippen MR) is 71.0 cm³/mol. The topological polar surface area (TPSA) is 60.1 Å². The summed E-state index contributed by atoms with van der Waals surface area (Å²) in [6.07, 6.45) is 6.46. The van der Waals surface area contributed by atoms with Gasteiger partial charge in [0.2, 0.25) is 0 Å². The van der Waals surface area contributed by atoms with Crippen molar-refractivity contribution in [1.29, 1.82) is 0 Å². The standard InChI is InChI=1S/C13H23N3O/c1-3-5-6-7-8-15-13(17)12-9-11(14)10-16(12)4-2/h9-10H,3-8,14H2,1-2H3,(H,15,17). The normalized spacial score (nSPS) is 10.5. The summed E-state index contributed by atoms with van der Waals surface area (Å²) in [7, 11) is 0. The number of nitrogens with zero attached hydrogens (tertiary/aromatic N) is 1. The van der Waals surface area contributed by atoms with Crippen LogP contribution in [0.3, 0.4) is 0 Å². The lowest BCUT2D eigenvalue weighted by Gasteiger charge is -2.07. The molecule has 0 radical (unpaired) electrons. The quantitative estimate of drug-likeness (QED) is 0.715. The van der Waals surface area contributed by atoms with E-state index in [9.17, 15) is 4.79 Å². The van der Waals surface area contributed by atoms with Gasteiger partial charge in [-0.2, -0.15) is 0 Å². The van der Waals surface area contributed by atoms with Gasteiger partial charge in [0.25, 0.3) is 5.91 Å². The molecule has 0 unspecified atom stereocenters. The van der Waals surface area contributed by atoms with E-state index in [0.29, 0.717) is 11.4 Å². The second kappa shape index (κ2) is 6.99. The average molecular weight is 237 g/mol. The molecule has 1 aromatic rings. The molecule has 17 heavy (non-hydrogen) atoms. The lowest BCUT2D eigenvalue weighted by molar-refractivity contribution is 0.0944. The SMILES string of the molecule is CCCCCCNC(=O)c1cc(N)cn1CC. The fourth-order valence-electron chi connectivity index (χ4n) is 1.83. The number of rotatable bonds is 7. The van der Waals surface area contributed by atoms with Crippen molar-refractivity contribution in [1.82, 2.24) is 9.88 Å². The smallest absolute Gasteiger partial charge is 0.267 e. The van der Waals surface area contributed by atoms with Crippen LogP contribution in [0.4, 0.5) is 5.69 Å². The van der Waals surface area contributed by atoms with E-state index >= 15 is 0 Å². The first-order valence-electron chi connectivity index (χ1n) is 6.42. The Balaban J connectivity index is 2.41. The third-order valence-corrected chi connectivity index (χ3v) is 2.81. The third kappa shape index (κ3) is 4.13. The fourth-order valence-corrected chi connectivity index (χ4v) is 1.83. The summed E-state index contributed by atoms with van der Waals surface area (Å²) < 4.78 is 1.87. The van der Waals surface area contributed by atoms with Crippen molar-refractivity contribution in [2.45, 2.75) is 46.1 Å².